The van der Waals surface area contributed by atoms with Crippen LogP contribution < -0.4 is 16.4 Å². The fourth-order valence-corrected chi connectivity index (χ4v) is 8.03. The molecule has 19 nitrogen and oxygen atoms in total. The number of H-pyrrole nitrogens is 2. The molecule has 0 bridgehead atoms. The fourth-order valence-electron chi connectivity index (χ4n) is 8.03. The molecule has 0 saturated heterocycles. The van der Waals surface area contributed by atoms with Crippen LogP contribution in [0.2, 0.25) is 0 Å². The van der Waals surface area contributed by atoms with Gasteiger partial charge in [0.25, 0.3) is 11.1 Å². The second-order valence-corrected chi connectivity index (χ2v) is 16.9. The summed E-state index contributed by atoms with van der Waals surface area (Å²) < 4.78 is 43.1. The van der Waals surface area contributed by atoms with E-state index in [1.165, 1.54) is 43.1 Å². The molecular formula is C54H59F2N11O8. The highest BCUT2D eigenvalue weighted by atomic mass is 19.1. The Morgan fingerprint density at radius 2 is 1.11 bits per heavy atom. The predicted octanol–water partition coefficient (Wildman–Crippen LogP) is 6.58. The standard InChI is InChI=1S/2C25H24FN5O3.C4H11NO2/c1-3-4-7-19-12-18(25(33)34-2)14-23(32)31(19)15-17-11-10-16(13-22(17)26)20-8-5-6-9-21(20)24-27-29-30-28-24;1-3-4-7-18-13-17(25(33)34-2)14-23(32)31(18)15-16-10-11-20(22(26)12-16)19-8-5-6-9-21(19)24-27-29-30-28-24;6-3-1-5-2-4-7/h2*5-6,8-14H,3-4,7,15H2,1-2H3,(H,27,28,29,30);5-7H,1-4H2. The van der Waals surface area contributed by atoms with Crippen molar-refractivity contribution < 1.29 is 38.1 Å². The lowest BCUT2D eigenvalue weighted by molar-refractivity contribution is 0.0591. The van der Waals surface area contributed by atoms with Crippen molar-refractivity contribution in [3.63, 3.8) is 0 Å². The van der Waals surface area contributed by atoms with Gasteiger partial charge in [-0.3, -0.25) is 9.59 Å². The lowest BCUT2D eigenvalue weighted by Crippen LogP contribution is -2.26. The molecule has 75 heavy (non-hydrogen) atoms. The molecule has 21 heteroatoms. The van der Waals surface area contributed by atoms with Gasteiger partial charge < -0.3 is 34.1 Å². The van der Waals surface area contributed by atoms with Gasteiger partial charge in [0.2, 0.25) is 0 Å². The Kier molecular flexibility index (Phi) is 21.0. The number of nitrogens with one attached hydrogen (secondary N) is 3. The lowest BCUT2D eigenvalue weighted by Gasteiger charge is -2.15. The van der Waals surface area contributed by atoms with E-state index in [1.54, 1.807) is 47.0 Å². The molecule has 0 amide bonds. The zero-order valence-corrected chi connectivity index (χ0v) is 42.1. The highest BCUT2D eigenvalue weighted by molar-refractivity contribution is 5.90. The number of rotatable bonds is 20. The van der Waals surface area contributed by atoms with Crippen LogP contribution in [0.3, 0.4) is 0 Å². The van der Waals surface area contributed by atoms with Crippen LogP contribution in [0.25, 0.3) is 45.0 Å². The Bertz CT molecular complexity index is 3250. The summed E-state index contributed by atoms with van der Waals surface area (Å²) in [5.41, 5.74) is 5.99. The number of tetrazole rings is 2. The molecule has 4 heterocycles. The van der Waals surface area contributed by atoms with Crippen molar-refractivity contribution >= 4 is 11.9 Å². The number of benzene rings is 4. The first-order chi connectivity index (χ1) is 36.4. The van der Waals surface area contributed by atoms with Crippen LogP contribution >= 0.6 is 0 Å². The maximum absolute atomic E-state index is 15.3. The molecule has 0 spiro atoms. The molecule has 8 rings (SSSR count). The Hall–Kier alpha value is -8.40. The number of halogens is 2. The third-order valence-electron chi connectivity index (χ3n) is 11.8. The van der Waals surface area contributed by atoms with Gasteiger partial charge in [0.15, 0.2) is 11.6 Å². The van der Waals surface area contributed by atoms with Crippen LogP contribution in [0.5, 0.6) is 0 Å². The van der Waals surface area contributed by atoms with Gasteiger partial charge in [-0.15, -0.1) is 10.2 Å². The van der Waals surface area contributed by atoms with Crippen LogP contribution in [0.4, 0.5) is 8.78 Å². The molecule has 0 aliphatic heterocycles. The van der Waals surface area contributed by atoms with Crippen molar-refractivity contribution in [2.45, 2.75) is 65.5 Å². The summed E-state index contributed by atoms with van der Waals surface area (Å²) in [5.74, 6) is -1.06. The minimum Gasteiger partial charge on any atom is -0.465 e. The number of nitrogens with zero attached hydrogens (tertiary/aromatic N) is 8. The number of aliphatic hydroxyl groups excluding tert-OH is 2. The molecule has 0 saturated carbocycles. The molecule has 0 aliphatic rings. The molecule has 0 atom stereocenters. The zero-order valence-electron chi connectivity index (χ0n) is 42.1. The summed E-state index contributed by atoms with van der Waals surface area (Å²) in [4.78, 5) is 49.6. The van der Waals surface area contributed by atoms with Crippen LogP contribution in [0.15, 0.2) is 119 Å². The van der Waals surface area contributed by atoms with E-state index in [4.69, 9.17) is 19.7 Å². The number of hydrogen-bond donors (Lipinski definition) is 5. The summed E-state index contributed by atoms with van der Waals surface area (Å²) in [5, 5.41) is 46.8. The van der Waals surface area contributed by atoms with Gasteiger partial charge in [0.05, 0.1) is 51.6 Å². The van der Waals surface area contributed by atoms with Crippen molar-refractivity contribution in [3.8, 4) is 45.0 Å². The second kappa shape index (κ2) is 28.2. The highest BCUT2D eigenvalue weighted by Gasteiger charge is 2.19. The number of unbranched alkanes of at least 4 members (excludes halogenated alkanes) is 2. The predicted molar refractivity (Wildman–Crippen MR) is 277 cm³/mol. The van der Waals surface area contributed by atoms with E-state index in [-0.39, 0.29) is 48.5 Å². The first-order valence-corrected chi connectivity index (χ1v) is 24.2. The van der Waals surface area contributed by atoms with Crippen molar-refractivity contribution in [1.82, 2.24) is 55.7 Å². The van der Waals surface area contributed by atoms with Crippen LogP contribution in [0, 0.1) is 11.6 Å². The zero-order chi connectivity index (χ0) is 53.7. The number of pyridine rings is 2. The molecule has 0 fully saturated rings. The Morgan fingerprint density at radius 3 is 1.57 bits per heavy atom. The van der Waals surface area contributed by atoms with Gasteiger partial charge in [0.1, 0.15) is 11.6 Å². The maximum Gasteiger partial charge on any atom is 0.338 e. The SMILES string of the molecule is CCCCc1cc(C(=O)OC)cc(=O)n1Cc1ccc(-c2ccccc2-c2nnn[nH]2)c(F)c1.CCCCc1cc(C(=O)OC)cc(=O)n1Cc1ccc(-c2ccccc2-c2nnn[nH]2)cc1F.OCCNCCO. The number of aryl methyl sites for hydroxylation is 2. The maximum atomic E-state index is 15.3. The molecular weight excluding hydrogens is 969 g/mol. The summed E-state index contributed by atoms with van der Waals surface area (Å²) in [6, 6.07) is 30.3. The van der Waals surface area contributed by atoms with Crippen molar-refractivity contribution in [1.29, 1.82) is 0 Å². The molecule has 392 valence electrons. The van der Waals surface area contributed by atoms with E-state index in [0.717, 1.165) is 36.8 Å². The van der Waals surface area contributed by atoms with Gasteiger partial charge in [0, 0.05) is 58.9 Å². The van der Waals surface area contributed by atoms with E-state index in [9.17, 15) is 19.2 Å². The largest absolute Gasteiger partial charge is 0.465 e. The topological polar surface area (TPSA) is 258 Å². The molecule has 0 radical (unpaired) electrons. The highest BCUT2D eigenvalue weighted by Crippen LogP contribution is 2.33. The lowest BCUT2D eigenvalue weighted by atomic mass is 9.97. The number of carbonyl (C=O) groups is 2. The quantitative estimate of drug-likeness (QED) is 0.0399. The van der Waals surface area contributed by atoms with E-state index in [0.29, 0.717) is 82.3 Å². The van der Waals surface area contributed by atoms with E-state index >= 15 is 8.78 Å². The third-order valence-corrected chi connectivity index (χ3v) is 11.8. The smallest absolute Gasteiger partial charge is 0.338 e. The van der Waals surface area contributed by atoms with Crippen LogP contribution in [-0.4, -0.2) is 113 Å². The first-order valence-electron chi connectivity index (χ1n) is 24.2. The third kappa shape index (κ3) is 14.9. The molecule has 8 aromatic rings. The van der Waals surface area contributed by atoms with Crippen molar-refractivity contribution in [3.05, 3.63) is 175 Å². The molecule has 5 N–H and O–H groups in total. The van der Waals surface area contributed by atoms with Gasteiger partial charge in [-0.25, -0.2) is 28.6 Å². The number of hydrogen-bond acceptors (Lipinski definition) is 15. The second-order valence-electron chi connectivity index (χ2n) is 16.9. The minimum absolute atomic E-state index is 0.0547. The monoisotopic (exact) mass is 1030 g/mol. The van der Waals surface area contributed by atoms with Gasteiger partial charge in [-0.1, -0.05) is 99.5 Å². The van der Waals surface area contributed by atoms with Crippen molar-refractivity contribution in [2.75, 3.05) is 40.5 Å². The Morgan fingerprint density at radius 1 is 0.600 bits per heavy atom. The number of aliphatic hydroxyl groups is 2. The molecule has 4 aromatic carbocycles. The molecule has 0 unspecified atom stereocenters. The summed E-state index contributed by atoms with van der Waals surface area (Å²) in [6.45, 7) is 5.75. The number of ether oxygens (including phenoxy) is 2. The molecule has 4 aromatic heterocycles. The first kappa shape index (κ1) is 55.9. The van der Waals surface area contributed by atoms with Gasteiger partial charge in [-0.2, -0.15) is 0 Å². The summed E-state index contributed by atoms with van der Waals surface area (Å²) in [6.07, 6.45) is 4.74. The van der Waals surface area contributed by atoms with Crippen LogP contribution in [-0.2, 0) is 35.4 Å². The van der Waals surface area contributed by atoms with E-state index in [2.05, 4.69) is 46.6 Å². The normalized spacial score (nSPS) is 10.8. The Labute approximate surface area is 430 Å². The van der Waals surface area contributed by atoms with Crippen molar-refractivity contribution in [2.24, 2.45) is 0 Å². The Balaban J connectivity index is 0.000000216. The number of carbonyl (C=O) groups excluding carboxylic acids is 2. The molecule has 0 aliphatic carbocycles. The average molecular weight is 1030 g/mol. The van der Waals surface area contributed by atoms with Gasteiger partial charge >= 0.3 is 11.9 Å². The van der Waals surface area contributed by atoms with Gasteiger partial charge in [-0.05, 0) is 93.1 Å². The van der Waals surface area contributed by atoms with E-state index < -0.39 is 23.6 Å². The fraction of sp³-hybridized carbons (Fsp3) is 0.296. The summed E-state index contributed by atoms with van der Waals surface area (Å²) >= 11 is 0. The average Bonchev–Trinajstić information content (AvgIpc) is 4.19. The summed E-state index contributed by atoms with van der Waals surface area (Å²) in [7, 11) is 2.55. The number of aromatic amines is 2. The number of aromatic nitrogens is 10. The number of methoxy groups -OCH3 is 2. The van der Waals surface area contributed by atoms with Crippen LogP contribution in [0.1, 0.15) is 82.8 Å². The minimum atomic E-state index is -0.571. The number of esters is 2. The van der Waals surface area contributed by atoms with E-state index in [1.807, 2.05) is 56.3 Å².